The van der Waals surface area contributed by atoms with E-state index >= 15 is 0 Å². The maximum absolute atomic E-state index is 12.1. The highest BCUT2D eigenvalue weighted by atomic mass is 16.6. The summed E-state index contributed by atoms with van der Waals surface area (Å²) in [6, 6.07) is 4.57. The van der Waals surface area contributed by atoms with Crippen LogP contribution in [0.5, 0.6) is 0 Å². The molecule has 112 valence electrons. The molecular formula is C14H16N2O5. The molecule has 1 amide bonds. The number of benzene rings is 1. The van der Waals surface area contributed by atoms with Crippen LogP contribution in [0.4, 0.5) is 11.4 Å². The summed E-state index contributed by atoms with van der Waals surface area (Å²) in [5.41, 5.74) is 0.719. The molecule has 0 aliphatic heterocycles. The van der Waals surface area contributed by atoms with Crippen LogP contribution >= 0.6 is 0 Å². The molecule has 0 radical (unpaired) electrons. The van der Waals surface area contributed by atoms with Gasteiger partial charge in [0.1, 0.15) is 5.69 Å². The zero-order chi connectivity index (χ0) is 15.6. The van der Waals surface area contributed by atoms with Gasteiger partial charge >= 0.3 is 5.97 Å². The summed E-state index contributed by atoms with van der Waals surface area (Å²) >= 11 is 0. The number of aliphatic carboxylic acids is 1. The molecule has 0 aromatic heterocycles. The molecule has 2 atom stereocenters. The van der Waals surface area contributed by atoms with Crippen LogP contribution in [0.3, 0.4) is 0 Å². The lowest BCUT2D eigenvalue weighted by atomic mass is 10.0. The number of amides is 1. The van der Waals surface area contributed by atoms with Gasteiger partial charge < -0.3 is 10.4 Å². The first kappa shape index (κ1) is 15.0. The lowest BCUT2D eigenvalue weighted by Gasteiger charge is -2.11. The van der Waals surface area contributed by atoms with Gasteiger partial charge in [0.15, 0.2) is 0 Å². The monoisotopic (exact) mass is 292 g/mol. The molecule has 7 nitrogen and oxygen atoms in total. The van der Waals surface area contributed by atoms with E-state index < -0.39 is 22.7 Å². The van der Waals surface area contributed by atoms with Crippen molar-refractivity contribution in [1.29, 1.82) is 0 Å². The maximum atomic E-state index is 12.1. The van der Waals surface area contributed by atoms with E-state index in [9.17, 15) is 19.7 Å². The molecule has 1 saturated carbocycles. The van der Waals surface area contributed by atoms with Gasteiger partial charge in [0.2, 0.25) is 5.91 Å². The van der Waals surface area contributed by atoms with E-state index in [1.165, 1.54) is 12.1 Å². The lowest BCUT2D eigenvalue weighted by Crippen LogP contribution is -2.22. The summed E-state index contributed by atoms with van der Waals surface area (Å²) in [6.45, 7) is 1.73. The van der Waals surface area contributed by atoms with Crippen molar-refractivity contribution in [2.24, 2.45) is 11.8 Å². The van der Waals surface area contributed by atoms with Gasteiger partial charge in [0.25, 0.3) is 5.69 Å². The van der Waals surface area contributed by atoms with Crippen LogP contribution in [-0.4, -0.2) is 21.9 Å². The molecule has 1 aliphatic rings. The minimum atomic E-state index is -0.897. The third-order valence-electron chi connectivity index (χ3n) is 3.76. The lowest BCUT2D eigenvalue weighted by molar-refractivity contribution is -0.384. The van der Waals surface area contributed by atoms with Gasteiger partial charge in [0, 0.05) is 12.0 Å². The number of aryl methyl sites for hydroxylation is 1. The third-order valence-corrected chi connectivity index (χ3v) is 3.76. The molecule has 2 rings (SSSR count). The molecule has 1 fully saturated rings. The minimum Gasteiger partial charge on any atom is -0.481 e. The fourth-order valence-corrected chi connectivity index (χ4v) is 2.58. The van der Waals surface area contributed by atoms with Crippen molar-refractivity contribution in [1.82, 2.24) is 0 Å². The molecule has 0 spiro atoms. The van der Waals surface area contributed by atoms with E-state index in [4.69, 9.17) is 5.11 Å². The van der Waals surface area contributed by atoms with E-state index in [-0.39, 0.29) is 23.7 Å². The van der Waals surface area contributed by atoms with Crippen molar-refractivity contribution in [2.75, 3.05) is 5.32 Å². The molecule has 1 aromatic rings. The van der Waals surface area contributed by atoms with Gasteiger partial charge in [0.05, 0.1) is 10.8 Å². The number of anilines is 1. The minimum absolute atomic E-state index is 0.148. The van der Waals surface area contributed by atoms with E-state index in [0.29, 0.717) is 12.8 Å². The molecule has 7 heteroatoms. The standard InChI is InChI=1S/C14H16N2O5/c1-8-2-5-11(12(6-8)16(20)21)15-13(17)9-3-4-10(7-9)14(18)19/h2,5-6,9-10H,3-4,7H2,1H3,(H,15,17)(H,18,19)/t9-,10+/m1/s1. The molecular weight excluding hydrogens is 276 g/mol. The Morgan fingerprint density at radius 2 is 2.00 bits per heavy atom. The molecule has 0 heterocycles. The van der Waals surface area contributed by atoms with Gasteiger partial charge in [-0.05, 0) is 37.8 Å². The third kappa shape index (κ3) is 3.36. The van der Waals surface area contributed by atoms with Gasteiger partial charge in [-0.25, -0.2) is 0 Å². The molecule has 0 unspecified atom stereocenters. The molecule has 1 aromatic carbocycles. The predicted molar refractivity (Wildman–Crippen MR) is 74.9 cm³/mol. The average molecular weight is 292 g/mol. The van der Waals surface area contributed by atoms with Gasteiger partial charge in [-0.3, -0.25) is 19.7 Å². The fourth-order valence-electron chi connectivity index (χ4n) is 2.58. The van der Waals surface area contributed by atoms with Crippen LogP contribution in [0.25, 0.3) is 0 Å². The number of rotatable bonds is 4. The highest BCUT2D eigenvalue weighted by Gasteiger charge is 2.34. The molecule has 1 aliphatic carbocycles. The van der Waals surface area contributed by atoms with E-state index in [1.807, 2.05) is 0 Å². The first-order valence-electron chi connectivity index (χ1n) is 6.67. The quantitative estimate of drug-likeness (QED) is 0.653. The summed E-state index contributed by atoms with van der Waals surface area (Å²) < 4.78 is 0. The predicted octanol–water partition coefficient (Wildman–Crippen LogP) is 2.34. The average Bonchev–Trinajstić information content (AvgIpc) is 2.90. The Kier molecular flexibility index (Phi) is 4.21. The van der Waals surface area contributed by atoms with Gasteiger partial charge in [-0.1, -0.05) is 6.07 Å². The van der Waals surface area contributed by atoms with E-state index in [2.05, 4.69) is 5.32 Å². The Hall–Kier alpha value is -2.44. The van der Waals surface area contributed by atoms with Gasteiger partial charge in [-0.15, -0.1) is 0 Å². The molecule has 2 N–H and O–H groups in total. The zero-order valence-corrected chi connectivity index (χ0v) is 11.5. The highest BCUT2D eigenvalue weighted by Crippen LogP contribution is 2.33. The summed E-state index contributed by atoms with van der Waals surface area (Å²) in [7, 11) is 0. The van der Waals surface area contributed by atoms with Crippen LogP contribution in [-0.2, 0) is 9.59 Å². The summed E-state index contributed by atoms with van der Waals surface area (Å²) in [6.07, 6.45) is 1.23. The Bertz CT molecular complexity index is 599. The van der Waals surface area contributed by atoms with E-state index in [1.54, 1.807) is 13.0 Å². The Morgan fingerprint density at radius 1 is 1.33 bits per heavy atom. The SMILES string of the molecule is Cc1ccc(NC(=O)[C@@H]2CC[C@H](C(=O)O)C2)c([N+](=O)[O-])c1. The van der Waals surface area contributed by atoms with Crippen molar-refractivity contribution in [3.63, 3.8) is 0 Å². The highest BCUT2D eigenvalue weighted by molar-refractivity contribution is 5.95. The number of carbonyl (C=O) groups excluding carboxylic acids is 1. The van der Waals surface area contributed by atoms with Crippen molar-refractivity contribution >= 4 is 23.3 Å². The van der Waals surface area contributed by atoms with Crippen LogP contribution in [0.15, 0.2) is 18.2 Å². The van der Waals surface area contributed by atoms with Crippen molar-refractivity contribution < 1.29 is 19.6 Å². The van der Waals surface area contributed by atoms with Crippen molar-refractivity contribution in [2.45, 2.75) is 26.2 Å². The van der Waals surface area contributed by atoms with Crippen molar-refractivity contribution in [3.8, 4) is 0 Å². The summed E-state index contributed by atoms with van der Waals surface area (Å²) in [4.78, 5) is 33.5. The van der Waals surface area contributed by atoms with Crippen LogP contribution < -0.4 is 5.32 Å². The first-order valence-corrected chi connectivity index (χ1v) is 6.67. The normalized spacial score (nSPS) is 21.0. The Balaban J connectivity index is 2.10. The first-order chi connectivity index (χ1) is 9.88. The fraction of sp³-hybridized carbons (Fsp3) is 0.429. The second-order valence-electron chi connectivity index (χ2n) is 5.31. The Labute approximate surface area is 121 Å². The Morgan fingerprint density at radius 3 is 2.57 bits per heavy atom. The van der Waals surface area contributed by atoms with Crippen LogP contribution in [0, 0.1) is 28.9 Å². The van der Waals surface area contributed by atoms with Crippen LogP contribution in [0.1, 0.15) is 24.8 Å². The van der Waals surface area contributed by atoms with Crippen molar-refractivity contribution in [3.05, 3.63) is 33.9 Å². The summed E-state index contributed by atoms with van der Waals surface area (Å²) in [5, 5.41) is 22.5. The smallest absolute Gasteiger partial charge is 0.306 e. The number of carboxylic acid groups (broad SMARTS) is 1. The van der Waals surface area contributed by atoms with Crippen LogP contribution in [0.2, 0.25) is 0 Å². The topological polar surface area (TPSA) is 110 Å². The number of hydrogen-bond donors (Lipinski definition) is 2. The molecule has 0 bridgehead atoms. The number of carbonyl (C=O) groups is 2. The molecule has 21 heavy (non-hydrogen) atoms. The second kappa shape index (κ2) is 5.90. The number of nitrogens with zero attached hydrogens (tertiary/aromatic N) is 1. The number of carboxylic acids is 1. The maximum Gasteiger partial charge on any atom is 0.306 e. The second-order valence-corrected chi connectivity index (χ2v) is 5.31. The number of nitro groups is 1. The van der Waals surface area contributed by atoms with Gasteiger partial charge in [-0.2, -0.15) is 0 Å². The number of nitrogens with one attached hydrogen (secondary N) is 1. The van der Waals surface area contributed by atoms with E-state index in [0.717, 1.165) is 5.56 Å². The summed E-state index contributed by atoms with van der Waals surface area (Å²) in [5.74, 6) is -2.17. The molecule has 0 saturated heterocycles. The zero-order valence-electron chi connectivity index (χ0n) is 11.5. The largest absolute Gasteiger partial charge is 0.481 e. The number of hydrogen-bond acceptors (Lipinski definition) is 4. The number of nitro benzene ring substituents is 1.